The number of carbonyl (C=O) groups is 2. The molecule has 2 aromatic carbocycles. The minimum Gasteiger partial charge on any atom is -0.484 e. The van der Waals surface area contributed by atoms with Crippen molar-refractivity contribution in [3.8, 4) is 5.75 Å². The van der Waals surface area contributed by atoms with Gasteiger partial charge in [0.25, 0.3) is 5.91 Å². The highest BCUT2D eigenvalue weighted by atomic mass is 32.1. The van der Waals surface area contributed by atoms with E-state index in [2.05, 4.69) is 30.2 Å². The molecule has 0 saturated carbocycles. The van der Waals surface area contributed by atoms with Gasteiger partial charge in [0, 0.05) is 18.0 Å². The predicted octanol–water partition coefficient (Wildman–Crippen LogP) is 4.32. The van der Waals surface area contributed by atoms with E-state index >= 15 is 0 Å². The van der Waals surface area contributed by atoms with Crippen LogP contribution in [0.5, 0.6) is 5.75 Å². The summed E-state index contributed by atoms with van der Waals surface area (Å²) < 4.78 is 5.60. The van der Waals surface area contributed by atoms with E-state index in [0.717, 1.165) is 12.0 Å². The molecule has 5 nitrogen and oxygen atoms in total. The van der Waals surface area contributed by atoms with Crippen molar-refractivity contribution >= 4 is 23.2 Å². The van der Waals surface area contributed by atoms with Crippen molar-refractivity contribution in [3.05, 3.63) is 101 Å². The Morgan fingerprint density at radius 1 is 1.09 bits per heavy atom. The molecule has 1 aromatic heterocycles. The lowest BCUT2D eigenvalue weighted by Gasteiger charge is -2.37. The lowest BCUT2D eigenvalue weighted by Crippen LogP contribution is -2.47. The number of carbonyl (C=O) groups excluding carboxylic acids is 2. The first-order valence-corrected chi connectivity index (χ1v) is 11.5. The minimum atomic E-state index is -0.244. The van der Waals surface area contributed by atoms with Crippen LogP contribution >= 0.6 is 11.3 Å². The first-order chi connectivity index (χ1) is 15.7. The van der Waals surface area contributed by atoms with Crippen LogP contribution in [0.4, 0.5) is 0 Å². The summed E-state index contributed by atoms with van der Waals surface area (Å²) in [6, 6.07) is 21.2. The van der Waals surface area contributed by atoms with Crippen molar-refractivity contribution in [2.45, 2.75) is 12.5 Å². The van der Waals surface area contributed by atoms with Gasteiger partial charge in [0.2, 0.25) is 5.91 Å². The maximum Gasteiger partial charge on any atom is 0.261 e. The summed E-state index contributed by atoms with van der Waals surface area (Å²) in [6.45, 7) is 4.53. The molecule has 2 amide bonds. The summed E-state index contributed by atoms with van der Waals surface area (Å²) in [6.07, 6.45) is 2.46. The number of rotatable bonds is 8. The SMILES string of the molecule is C=CCN(CC(=O)N1CCc2sccc2C1c1ccccc1)C(=O)COc1ccccc1. The molecule has 0 N–H and O–H groups in total. The number of fused-ring (bicyclic) bond motifs is 1. The molecular weight excluding hydrogens is 420 g/mol. The zero-order valence-corrected chi connectivity index (χ0v) is 18.7. The Balaban J connectivity index is 1.49. The molecule has 0 bridgehead atoms. The van der Waals surface area contributed by atoms with Crippen molar-refractivity contribution in [2.24, 2.45) is 0 Å². The first-order valence-electron chi connectivity index (χ1n) is 10.6. The number of nitrogens with zero attached hydrogens (tertiary/aromatic N) is 2. The zero-order chi connectivity index (χ0) is 22.3. The number of hydrogen-bond acceptors (Lipinski definition) is 4. The molecule has 1 unspecified atom stereocenters. The summed E-state index contributed by atoms with van der Waals surface area (Å²) in [4.78, 5) is 31.0. The first kappa shape index (κ1) is 21.8. The van der Waals surface area contributed by atoms with Gasteiger partial charge < -0.3 is 14.5 Å². The molecule has 3 aromatic rings. The molecule has 1 atom stereocenters. The molecule has 0 saturated heterocycles. The number of para-hydroxylation sites is 1. The van der Waals surface area contributed by atoms with Crippen LogP contribution in [0.2, 0.25) is 0 Å². The van der Waals surface area contributed by atoms with Gasteiger partial charge in [-0.1, -0.05) is 54.6 Å². The second kappa shape index (κ2) is 10.3. The van der Waals surface area contributed by atoms with E-state index in [1.807, 2.05) is 41.3 Å². The summed E-state index contributed by atoms with van der Waals surface area (Å²) >= 11 is 1.74. The average Bonchev–Trinajstić information content (AvgIpc) is 3.31. The molecule has 0 spiro atoms. The number of ether oxygens (including phenoxy) is 1. The molecule has 0 fully saturated rings. The van der Waals surface area contributed by atoms with Crippen LogP contribution in [-0.4, -0.2) is 47.9 Å². The van der Waals surface area contributed by atoms with Gasteiger partial charge >= 0.3 is 0 Å². The van der Waals surface area contributed by atoms with Gasteiger partial charge in [0.1, 0.15) is 12.3 Å². The molecule has 2 heterocycles. The predicted molar refractivity (Wildman–Crippen MR) is 127 cm³/mol. The normalized spacial score (nSPS) is 15.0. The van der Waals surface area contributed by atoms with E-state index in [-0.39, 0.29) is 37.6 Å². The van der Waals surface area contributed by atoms with Gasteiger partial charge in [-0.2, -0.15) is 0 Å². The van der Waals surface area contributed by atoms with Crippen LogP contribution in [0.15, 0.2) is 84.8 Å². The molecule has 4 rings (SSSR count). The van der Waals surface area contributed by atoms with Crippen molar-refractivity contribution < 1.29 is 14.3 Å². The van der Waals surface area contributed by atoms with Crippen LogP contribution in [0.3, 0.4) is 0 Å². The fourth-order valence-electron chi connectivity index (χ4n) is 4.00. The van der Waals surface area contributed by atoms with Crippen LogP contribution < -0.4 is 4.74 Å². The maximum absolute atomic E-state index is 13.4. The third-order valence-electron chi connectivity index (χ3n) is 5.54. The molecule has 1 aliphatic heterocycles. The smallest absolute Gasteiger partial charge is 0.261 e. The van der Waals surface area contributed by atoms with E-state index in [9.17, 15) is 9.59 Å². The highest BCUT2D eigenvalue weighted by molar-refractivity contribution is 7.10. The van der Waals surface area contributed by atoms with E-state index in [4.69, 9.17) is 4.74 Å². The summed E-state index contributed by atoms with van der Waals surface area (Å²) in [5, 5.41) is 2.09. The summed E-state index contributed by atoms with van der Waals surface area (Å²) in [5.74, 6) is 0.299. The second-order valence-corrected chi connectivity index (χ2v) is 8.61. The molecule has 0 radical (unpaired) electrons. The molecule has 0 aliphatic carbocycles. The van der Waals surface area contributed by atoms with E-state index in [0.29, 0.717) is 12.3 Å². The fraction of sp³-hybridized carbons (Fsp3) is 0.231. The number of thiophene rings is 1. The standard InChI is InChI=1S/C26H26N2O3S/c1-2-15-27(25(30)19-31-21-11-7-4-8-12-21)18-24(29)28-16-13-23-22(14-17-32-23)26(28)20-9-5-3-6-10-20/h2-12,14,17,26H,1,13,15-16,18-19H2. The highest BCUT2D eigenvalue weighted by Crippen LogP contribution is 2.37. The average molecular weight is 447 g/mol. The lowest BCUT2D eigenvalue weighted by molar-refractivity contribution is -0.142. The second-order valence-electron chi connectivity index (χ2n) is 7.61. The Hall–Kier alpha value is -3.38. The third kappa shape index (κ3) is 4.92. The van der Waals surface area contributed by atoms with E-state index in [1.165, 1.54) is 15.3 Å². The van der Waals surface area contributed by atoms with Crippen molar-refractivity contribution in [1.82, 2.24) is 9.80 Å². The Morgan fingerprint density at radius 2 is 1.81 bits per heavy atom. The van der Waals surface area contributed by atoms with Crippen LogP contribution in [0.25, 0.3) is 0 Å². The number of benzene rings is 2. The quantitative estimate of drug-likeness (QED) is 0.485. The van der Waals surface area contributed by atoms with Crippen molar-refractivity contribution in [3.63, 3.8) is 0 Å². The number of amides is 2. The van der Waals surface area contributed by atoms with Gasteiger partial charge in [0.15, 0.2) is 6.61 Å². The minimum absolute atomic E-state index is 0.00813. The van der Waals surface area contributed by atoms with Gasteiger partial charge in [-0.3, -0.25) is 9.59 Å². The Bertz CT molecular complexity index is 1060. The monoisotopic (exact) mass is 446 g/mol. The summed E-state index contributed by atoms with van der Waals surface area (Å²) in [7, 11) is 0. The molecule has 164 valence electrons. The van der Waals surface area contributed by atoms with Crippen molar-refractivity contribution in [2.75, 3.05) is 26.2 Å². The Morgan fingerprint density at radius 3 is 2.53 bits per heavy atom. The van der Waals surface area contributed by atoms with E-state index in [1.54, 1.807) is 29.5 Å². The molecule has 32 heavy (non-hydrogen) atoms. The molecular formula is C26H26N2O3S. The van der Waals surface area contributed by atoms with Gasteiger partial charge in [-0.25, -0.2) is 0 Å². The van der Waals surface area contributed by atoms with Gasteiger partial charge in [-0.15, -0.1) is 17.9 Å². The van der Waals surface area contributed by atoms with Crippen molar-refractivity contribution in [1.29, 1.82) is 0 Å². The lowest BCUT2D eigenvalue weighted by atomic mass is 9.93. The molecule has 6 heteroatoms. The number of hydrogen-bond donors (Lipinski definition) is 0. The van der Waals surface area contributed by atoms with Crippen LogP contribution in [0.1, 0.15) is 22.0 Å². The fourth-order valence-corrected chi connectivity index (χ4v) is 4.90. The Labute approximate surface area is 192 Å². The van der Waals surface area contributed by atoms with Gasteiger partial charge in [0.05, 0.1) is 6.04 Å². The van der Waals surface area contributed by atoms with Crippen LogP contribution in [0, 0.1) is 0 Å². The highest BCUT2D eigenvalue weighted by Gasteiger charge is 2.33. The molecule has 1 aliphatic rings. The third-order valence-corrected chi connectivity index (χ3v) is 6.53. The Kier molecular flexibility index (Phi) is 7.02. The summed E-state index contributed by atoms with van der Waals surface area (Å²) in [5.41, 5.74) is 2.25. The van der Waals surface area contributed by atoms with E-state index < -0.39 is 0 Å². The zero-order valence-electron chi connectivity index (χ0n) is 17.9. The van der Waals surface area contributed by atoms with Gasteiger partial charge in [-0.05, 0) is 41.1 Å². The topological polar surface area (TPSA) is 49.9 Å². The van der Waals surface area contributed by atoms with Crippen LogP contribution in [-0.2, 0) is 16.0 Å². The largest absolute Gasteiger partial charge is 0.484 e. The maximum atomic E-state index is 13.4.